The van der Waals surface area contributed by atoms with E-state index in [-0.39, 0.29) is 6.79 Å². The molecule has 19 heavy (non-hydrogen) atoms. The summed E-state index contributed by atoms with van der Waals surface area (Å²) >= 11 is 3.48. The molecule has 2 aromatic rings. The lowest BCUT2D eigenvalue weighted by molar-refractivity contribution is 0.174. The molecule has 0 bridgehead atoms. The van der Waals surface area contributed by atoms with Gasteiger partial charge in [0, 0.05) is 9.37 Å². The van der Waals surface area contributed by atoms with Gasteiger partial charge in [-0.2, -0.15) is 0 Å². The van der Waals surface area contributed by atoms with E-state index in [1.165, 1.54) is 0 Å². The van der Waals surface area contributed by atoms with Crippen LogP contribution in [0.5, 0.6) is 11.5 Å². The summed E-state index contributed by atoms with van der Waals surface area (Å²) in [4.78, 5) is 0.826. The number of hydrogen-bond acceptors (Lipinski definition) is 3. The number of hydrogen-bond donors (Lipinski definition) is 0. The van der Waals surface area contributed by atoms with Crippen molar-refractivity contribution in [2.24, 2.45) is 0 Å². The van der Waals surface area contributed by atoms with Crippen LogP contribution in [0.25, 0.3) is 0 Å². The summed E-state index contributed by atoms with van der Waals surface area (Å²) in [7, 11) is -1.07. The molecule has 1 aliphatic rings. The van der Waals surface area contributed by atoms with Crippen molar-refractivity contribution < 1.29 is 13.7 Å². The highest BCUT2D eigenvalue weighted by atomic mass is 79.9. The van der Waals surface area contributed by atoms with E-state index >= 15 is 0 Å². The summed E-state index contributed by atoms with van der Waals surface area (Å²) in [5.74, 6) is 1.88. The van der Waals surface area contributed by atoms with Gasteiger partial charge in [0.1, 0.15) is 0 Å². The van der Waals surface area contributed by atoms with Gasteiger partial charge in [-0.25, -0.2) is 0 Å². The van der Waals surface area contributed by atoms with E-state index in [9.17, 15) is 4.21 Å². The van der Waals surface area contributed by atoms with Crippen molar-refractivity contribution in [3.8, 4) is 11.5 Å². The summed E-state index contributed by atoms with van der Waals surface area (Å²) in [5.41, 5.74) is 0.950. The standard InChI is InChI=1S/C14H11BrO3S/c15-12-7-14-13(17-9-18-14)6-10(12)8-19(16)11-4-2-1-3-5-11/h1-7H,8-9H2/t19-/m0/s1. The van der Waals surface area contributed by atoms with Crippen LogP contribution in [0.3, 0.4) is 0 Å². The van der Waals surface area contributed by atoms with Crippen LogP contribution in [-0.2, 0) is 16.6 Å². The lowest BCUT2D eigenvalue weighted by Gasteiger charge is -2.06. The van der Waals surface area contributed by atoms with E-state index in [0.717, 1.165) is 20.7 Å². The molecule has 0 amide bonds. The fraction of sp³-hybridized carbons (Fsp3) is 0.143. The Kier molecular flexibility index (Phi) is 3.57. The van der Waals surface area contributed by atoms with E-state index < -0.39 is 10.8 Å². The molecule has 98 valence electrons. The van der Waals surface area contributed by atoms with Gasteiger partial charge < -0.3 is 9.47 Å². The van der Waals surface area contributed by atoms with Gasteiger partial charge in [0.15, 0.2) is 11.5 Å². The highest BCUT2D eigenvalue weighted by molar-refractivity contribution is 9.10. The maximum atomic E-state index is 12.3. The molecule has 3 rings (SSSR count). The molecule has 0 N–H and O–H groups in total. The zero-order valence-corrected chi connectivity index (χ0v) is 12.4. The van der Waals surface area contributed by atoms with Crippen LogP contribution in [0.15, 0.2) is 51.8 Å². The van der Waals surface area contributed by atoms with Gasteiger partial charge in [0.2, 0.25) is 6.79 Å². The fourth-order valence-electron chi connectivity index (χ4n) is 1.87. The molecule has 1 aliphatic heterocycles. The van der Waals surface area contributed by atoms with E-state index in [4.69, 9.17) is 9.47 Å². The smallest absolute Gasteiger partial charge is 0.231 e. The molecule has 0 fully saturated rings. The van der Waals surface area contributed by atoms with Gasteiger partial charge in [-0.05, 0) is 29.8 Å². The number of ether oxygens (including phenoxy) is 2. The van der Waals surface area contributed by atoms with Gasteiger partial charge >= 0.3 is 0 Å². The summed E-state index contributed by atoms with van der Waals surface area (Å²) in [6, 6.07) is 13.2. The summed E-state index contributed by atoms with van der Waals surface area (Å²) in [6.07, 6.45) is 0. The first-order valence-corrected chi connectivity index (χ1v) is 7.86. The maximum Gasteiger partial charge on any atom is 0.231 e. The molecule has 0 saturated carbocycles. The molecule has 0 unspecified atom stereocenters. The largest absolute Gasteiger partial charge is 0.454 e. The number of rotatable bonds is 3. The molecule has 1 atom stereocenters. The van der Waals surface area contributed by atoms with Crippen molar-refractivity contribution in [2.75, 3.05) is 6.79 Å². The predicted molar refractivity (Wildman–Crippen MR) is 76.8 cm³/mol. The Morgan fingerprint density at radius 1 is 1.11 bits per heavy atom. The van der Waals surface area contributed by atoms with E-state index in [2.05, 4.69) is 15.9 Å². The second-order valence-electron chi connectivity index (χ2n) is 4.10. The summed E-state index contributed by atoms with van der Waals surface area (Å²) < 4.78 is 23.8. The molecule has 0 saturated heterocycles. The highest BCUT2D eigenvalue weighted by Crippen LogP contribution is 2.37. The second-order valence-corrected chi connectivity index (χ2v) is 6.41. The number of benzene rings is 2. The molecule has 5 heteroatoms. The van der Waals surface area contributed by atoms with E-state index in [1.54, 1.807) is 0 Å². The lowest BCUT2D eigenvalue weighted by Crippen LogP contribution is -1.97. The fourth-order valence-corrected chi connectivity index (χ4v) is 3.66. The number of fused-ring (bicyclic) bond motifs is 1. The first-order chi connectivity index (χ1) is 9.24. The molecule has 0 spiro atoms. The van der Waals surface area contributed by atoms with Gasteiger partial charge in [-0.15, -0.1) is 0 Å². The van der Waals surface area contributed by atoms with Gasteiger partial charge in [-0.3, -0.25) is 4.21 Å². The van der Waals surface area contributed by atoms with Crippen molar-refractivity contribution in [1.29, 1.82) is 0 Å². The molecule has 0 aromatic heterocycles. The Labute approximate surface area is 122 Å². The lowest BCUT2D eigenvalue weighted by atomic mass is 10.2. The van der Waals surface area contributed by atoms with Gasteiger partial charge in [0.05, 0.1) is 16.6 Å². The third-order valence-electron chi connectivity index (χ3n) is 2.83. The summed E-state index contributed by atoms with van der Waals surface area (Å²) in [5, 5.41) is 0. The molecule has 2 aromatic carbocycles. The van der Waals surface area contributed by atoms with Gasteiger partial charge in [-0.1, -0.05) is 34.1 Å². The summed E-state index contributed by atoms with van der Waals surface area (Å²) in [6.45, 7) is 0.243. The minimum absolute atomic E-state index is 0.243. The third kappa shape index (κ3) is 2.67. The normalized spacial score (nSPS) is 14.4. The Bertz CT molecular complexity index is 628. The SMILES string of the molecule is O=[S@@](Cc1cc2c(cc1Br)OCO2)c1ccccc1. The van der Waals surface area contributed by atoms with Crippen LogP contribution in [0.1, 0.15) is 5.56 Å². The average Bonchev–Trinajstić information content (AvgIpc) is 2.87. The van der Waals surface area contributed by atoms with Crippen LogP contribution >= 0.6 is 15.9 Å². The van der Waals surface area contributed by atoms with E-state index in [1.807, 2.05) is 42.5 Å². The topological polar surface area (TPSA) is 35.5 Å². The van der Waals surface area contributed by atoms with Crippen LogP contribution < -0.4 is 9.47 Å². The van der Waals surface area contributed by atoms with Crippen LogP contribution in [0.4, 0.5) is 0 Å². The zero-order chi connectivity index (χ0) is 13.2. The van der Waals surface area contributed by atoms with Crippen molar-refractivity contribution >= 4 is 26.7 Å². The maximum absolute atomic E-state index is 12.3. The molecular weight excluding hydrogens is 328 g/mol. The van der Waals surface area contributed by atoms with Crippen LogP contribution in [0, 0.1) is 0 Å². The first kappa shape index (κ1) is 12.7. The van der Waals surface area contributed by atoms with E-state index in [0.29, 0.717) is 11.5 Å². The Morgan fingerprint density at radius 3 is 2.53 bits per heavy atom. The molecule has 1 heterocycles. The number of halogens is 1. The Morgan fingerprint density at radius 2 is 1.79 bits per heavy atom. The monoisotopic (exact) mass is 338 g/mol. The quantitative estimate of drug-likeness (QED) is 0.859. The third-order valence-corrected chi connectivity index (χ3v) is 4.94. The van der Waals surface area contributed by atoms with Crippen molar-refractivity contribution in [3.05, 3.63) is 52.5 Å². The highest BCUT2D eigenvalue weighted by Gasteiger charge is 2.17. The Balaban J connectivity index is 1.86. The molecule has 0 aliphatic carbocycles. The zero-order valence-electron chi connectivity index (χ0n) is 9.97. The minimum Gasteiger partial charge on any atom is -0.454 e. The second kappa shape index (κ2) is 5.35. The van der Waals surface area contributed by atoms with Crippen molar-refractivity contribution in [1.82, 2.24) is 0 Å². The predicted octanol–water partition coefficient (Wildman–Crippen LogP) is 3.49. The molecule has 3 nitrogen and oxygen atoms in total. The minimum atomic E-state index is -1.07. The molecule has 0 radical (unpaired) electrons. The van der Waals surface area contributed by atoms with Gasteiger partial charge in [0.25, 0.3) is 0 Å². The Hall–Kier alpha value is -1.33. The van der Waals surface area contributed by atoms with Crippen molar-refractivity contribution in [3.63, 3.8) is 0 Å². The first-order valence-electron chi connectivity index (χ1n) is 5.75. The van der Waals surface area contributed by atoms with Crippen LogP contribution in [0.2, 0.25) is 0 Å². The van der Waals surface area contributed by atoms with Crippen LogP contribution in [-0.4, -0.2) is 11.0 Å². The van der Waals surface area contributed by atoms with Crippen molar-refractivity contribution in [2.45, 2.75) is 10.6 Å². The molecular formula is C14H11BrO3S. The average molecular weight is 339 g/mol.